The number of fused-ring (bicyclic) bond motifs is 1. The monoisotopic (exact) mass is 400 g/mol. The molecule has 1 aromatic heterocycles. The Balaban J connectivity index is 1.47. The largest absolute Gasteiger partial charge is 0.492 e. The zero-order valence-corrected chi connectivity index (χ0v) is 16.8. The van der Waals surface area contributed by atoms with Crippen molar-refractivity contribution in [3.05, 3.63) is 78.9 Å². The highest BCUT2D eigenvalue weighted by Crippen LogP contribution is 2.25. The molecule has 0 atom stereocenters. The first-order valence-electron chi connectivity index (χ1n) is 10.0. The number of carbonyl (C=O) groups excluding carboxylic acids is 1. The molecule has 0 saturated heterocycles. The molecule has 4 rings (SSSR count). The van der Waals surface area contributed by atoms with Crippen LogP contribution < -0.4 is 15.4 Å². The molecule has 6 heteroatoms. The van der Waals surface area contributed by atoms with Crippen LogP contribution in [0.3, 0.4) is 0 Å². The molecule has 0 radical (unpaired) electrons. The lowest BCUT2D eigenvalue weighted by Gasteiger charge is -2.13. The summed E-state index contributed by atoms with van der Waals surface area (Å²) in [5.74, 6) is 1.54. The van der Waals surface area contributed by atoms with Gasteiger partial charge in [-0.2, -0.15) is 0 Å². The van der Waals surface area contributed by atoms with Crippen molar-refractivity contribution in [2.24, 2.45) is 0 Å². The van der Waals surface area contributed by atoms with Gasteiger partial charge in [0.2, 0.25) is 0 Å². The molecule has 1 heterocycles. The van der Waals surface area contributed by atoms with Crippen LogP contribution in [0.15, 0.2) is 78.9 Å². The van der Waals surface area contributed by atoms with E-state index in [9.17, 15) is 4.79 Å². The molecular formula is C24H24N4O2. The molecule has 2 N–H and O–H groups in total. The van der Waals surface area contributed by atoms with Gasteiger partial charge in [0.15, 0.2) is 0 Å². The Morgan fingerprint density at radius 2 is 1.70 bits per heavy atom. The number of aromatic nitrogens is 2. The van der Waals surface area contributed by atoms with Gasteiger partial charge >= 0.3 is 6.03 Å². The van der Waals surface area contributed by atoms with Gasteiger partial charge in [0.05, 0.1) is 23.3 Å². The smallest absolute Gasteiger partial charge is 0.319 e. The molecule has 0 aliphatic carbocycles. The molecule has 0 fully saturated rings. The minimum Gasteiger partial charge on any atom is -0.492 e. The molecule has 2 amide bonds. The minimum absolute atomic E-state index is 0.271. The van der Waals surface area contributed by atoms with Crippen molar-refractivity contribution in [3.63, 3.8) is 0 Å². The van der Waals surface area contributed by atoms with Crippen molar-refractivity contribution in [1.82, 2.24) is 14.9 Å². The predicted molar refractivity (Wildman–Crippen MR) is 120 cm³/mol. The van der Waals surface area contributed by atoms with E-state index in [1.54, 1.807) is 0 Å². The third-order valence-electron chi connectivity index (χ3n) is 4.74. The topological polar surface area (TPSA) is 68.2 Å². The van der Waals surface area contributed by atoms with Gasteiger partial charge in [-0.15, -0.1) is 0 Å². The lowest BCUT2D eigenvalue weighted by atomic mass is 10.2. The molecule has 3 aromatic carbocycles. The van der Waals surface area contributed by atoms with E-state index in [2.05, 4.69) is 15.2 Å². The van der Waals surface area contributed by atoms with Crippen molar-refractivity contribution in [3.8, 4) is 17.1 Å². The van der Waals surface area contributed by atoms with Gasteiger partial charge in [-0.1, -0.05) is 54.6 Å². The highest BCUT2D eigenvalue weighted by atomic mass is 16.5. The van der Waals surface area contributed by atoms with E-state index in [0.717, 1.165) is 22.4 Å². The number of rotatable bonds is 7. The fourth-order valence-corrected chi connectivity index (χ4v) is 3.41. The number of amides is 2. The van der Waals surface area contributed by atoms with Crippen LogP contribution in [0, 0.1) is 0 Å². The van der Waals surface area contributed by atoms with Crippen LogP contribution in [-0.4, -0.2) is 28.7 Å². The summed E-state index contributed by atoms with van der Waals surface area (Å²) < 4.78 is 7.70. The summed E-state index contributed by atoms with van der Waals surface area (Å²) in [6.45, 7) is 3.51. The second-order valence-electron chi connectivity index (χ2n) is 6.75. The summed E-state index contributed by atoms with van der Waals surface area (Å²) in [4.78, 5) is 17.2. The number of urea groups is 1. The summed E-state index contributed by atoms with van der Waals surface area (Å²) in [6, 6.07) is 25.2. The number of imidazole rings is 1. The van der Waals surface area contributed by atoms with Crippen LogP contribution in [-0.2, 0) is 6.54 Å². The molecule has 0 saturated carbocycles. The zero-order chi connectivity index (χ0) is 20.8. The summed E-state index contributed by atoms with van der Waals surface area (Å²) in [7, 11) is 0. The van der Waals surface area contributed by atoms with E-state index >= 15 is 0 Å². The SMILES string of the molecule is CCOc1ccccc1NC(=O)NCCn1c(-c2ccccc2)nc2ccccc21. The molecule has 0 spiro atoms. The maximum Gasteiger partial charge on any atom is 0.319 e. The van der Waals surface area contributed by atoms with Crippen LogP contribution in [0.1, 0.15) is 6.92 Å². The van der Waals surface area contributed by atoms with Crippen molar-refractivity contribution < 1.29 is 9.53 Å². The molecule has 0 aliphatic heterocycles. The van der Waals surface area contributed by atoms with Crippen molar-refractivity contribution in [2.75, 3.05) is 18.5 Å². The first-order valence-corrected chi connectivity index (χ1v) is 10.0. The van der Waals surface area contributed by atoms with Gasteiger partial charge in [0.25, 0.3) is 0 Å². The van der Waals surface area contributed by atoms with E-state index in [1.165, 1.54) is 0 Å². The van der Waals surface area contributed by atoms with Gasteiger partial charge in [-0.25, -0.2) is 9.78 Å². The Morgan fingerprint density at radius 1 is 0.967 bits per heavy atom. The lowest BCUT2D eigenvalue weighted by molar-refractivity contribution is 0.251. The van der Waals surface area contributed by atoms with Crippen molar-refractivity contribution in [2.45, 2.75) is 13.5 Å². The first kappa shape index (κ1) is 19.5. The van der Waals surface area contributed by atoms with Crippen LogP contribution >= 0.6 is 0 Å². The van der Waals surface area contributed by atoms with Gasteiger partial charge < -0.3 is 19.9 Å². The maximum atomic E-state index is 12.4. The summed E-state index contributed by atoms with van der Waals surface area (Å²) in [6.07, 6.45) is 0. The molecule has 6 nitrogen and oxygen atoms in total. The Hall–Kier alpha value is -3.80. The van der Waals surface area contributed by atoms with E-state index in [1.807, 2.05) is 85.8 Å². The molecule has 30 heavy (non-hydrogen) atoms. The average Bonchev–Trinajstić information content (AvgIpc) is 3.15. The maximum absolute atomic E-state index is 12.4. The number of nitrogens with zero attached hydrogens (tertiary/aromatic N) is 2. The van der Waals surface area contributed by atoms with E-state index in [-0.39, 0.29) is 6.03 Å². The molecule has 0 bridgehead atoms. The fraction of sp³-hybridized carbons (Fsp3) is 0.167. The summed E-state index contributed by atoms with van der Waals surface area (Å²) >= 11 is 0. The Bertz CT molecular complexity index is 1140. The van der Waals surface area contributed by atoms with Crippen LogP contribution in [0.25, 0.3) is 22.4 Å². The van der Waals surface area contributed by atoms with Crippen molar-refractivity contribution >= 4 is 22.8 Å². The third-order valence-corrected chi connectivity index (χ3v) is 4.74. The molecule has 152 valence electrons. The quantitative estimate of drug-likeness (QED) is 0.462. The van der Waals surface area contributed by atoms with Crippen LogP contribution in [0.5, 0.6) is 5.75 Å². The molecule has 4 aromatic rings. The second kappa shape index (κ2) is 9.13. The Kier molecular flexibility index (Phi) is 5.94. The lowest BCUT2D eigenvalue weighted by Crippen LogP contribution is -2.31. The zero-order valence-electron chi connectivity index (χ0n) is 16.8. The number of hydrogen-bond donors (Lipinski definition) is 2. The predicted octanol–water partition coefficient (Wildman–Crippen LogP) is 4.92. The van der Waals surface area contributed by atoms with Crippen LogP contribution in [0.4, 0.5) is 10.5 Å². The van der Waals surface area contributed by atoms with E-state index in [0.29, 0.717) is 31.1 Å². The minimum atomic E-state index is -0.271. The molecule has 0 aliphatic rings. The van der Waals surface area contributed by atoms with Crippen LogP contribution in [0.2, 0.25) is 0 Å². The fourth-order valence-electron chi connectivity index (χ4n) is 3.41. The normalized spacial score (nSPS) is 10.7. The second-order valence-corrected chi connectivity index (χ2v) is 6.75. The van der Waals surface area contributed by atoms with Crippen molar-refractivity contribution in [1.29, 1.82) is 0 Å². The van der Waals surface area contributed by atoms with E-state index < -0.39 is 0 Å². The number of ether oxygens (including phenoxy) is 1. The van der Waals surface area contributed by atoms with Gasteiger partial charge in [-0.3, -0.25) is 0 Å². The molecular weight excluding hydrogens is 376 g/mol. The summed E-state index contributed by atoms with van der Waals surface area (Å²) in [5.41, 5.74) is 3.67. The van der Waals surface area contributed by atoms with Gasteiger partial charge in [0.1, 0.15) is 11.6 Å². The van der Waals surface area contributed by atoms with E-state index in [4.69, 9.17) is 9.72 Å². The highest BCUT2D eigenvalue weighted by molar-refractivity contribution is 5.90. The number of anilines is 1. The standard InChI is InChI=1S/C24H24N4O2/c1-2-30-22-15-9-7-13-20(22)27-24(29)25-16-17-28-21-14-8-6-12-19(21)26-23(28)18-10-4-3-5-11-18/h3-15H,2,16-17H2,1H3,(H2,25,27,29). The Labute approximate surface area is 175 Å². The number of hydrogen-bond acceptors (Lipinski definition) is 3. The number of carbonyl (C=O) groups is 1. The Morgan fingerprint density at radius 3 is 2.53 bits per heavy atom. The highest BCUT2D eigenvalue weighted by Gasteiger charge is 2.13. The average molecular weight is 400 g/mol. The number of benzene rings is 3. The van der Waals surface area contributed by atoms with Gasteiger partial charge in [0, 0.05) is 18.7 Å². The molecule has 0 unspecified atom stereocenters. The first-order chi connectivity index (χ1) is 14.8. The summed E-state index contributed by atoms with van der Waals surface area (Å²) in [5, 5.41) is 5.79. The van der Waals surface area contributed by atoms with Gasteiger partial charge in [-0.05, 0) is 31.2 Å². The number of nitrogens with one attached hydrogen (secondary N) is 2. The third kappa shape index (κ3) is 4.27. The number of para-hydroxylation sites is 4.